The molecule has 0 aliphatic carbocycles. The van der Waals surface area contributed by atoms with Crippen LogP contribution >= 0.6 is 11.8 Å². The lowest BCUT2D eigenvalue weighted by Gasteiger charge is -2.07. The molecule has 0 bridgehead atoms. The van der Waals surface area contributed by atoms with Gasteiger partial charge in [0.25, 0.3) is 0 Å². The Labute approximate surface area is 75.2 Å². The van der Waals surface area contributed by atoms with Crippen molar-refractivity contribution in [1.29, 1.82) is 0 Å². The van der Waals surface area contributed by atoms with Crippen molar-refractivity contribution in [2.24, 2.45) is 0 Å². The van der Waals surface area contributed by atoms with Gasteiger partial charge in [0.2, 0.25) is 0 Å². The lowest BCUT2D eigenvalue weighted by Crippen LogP contribution is -1.94. The van der Waals surface area contributed by atoms with E-state index in [0.29, 0.717) is 5.25 Å². The zero-order valence-electron chi connectivity index (χ0n) is 6.53. The molecule has 1 aliphatic rings. The second-order valence-electron chi connectivity index (χ2n) is 2.74. The van der Waals surface area contributed by atoms with E-state index < -0.39 is 0 Å². The number of aromatic hydroxyl groups is 1. The Morgan fingerprint density at radius 1 is 1.67 bits per heavy atom. The third kappa shape index (κ3) is 1.39. The van der Waals surface area contributed by atoms with Gasteiger partial charge in [-0.3, -0.25) is 0 Å². The molecule has 1 radical (unpaired) electrons. The molecule has 1 saturated heterocycles. The van der Waals surface area contributed by atoms with Gasteiger partial charge in [-0.2, -0.15) is 11.8 Å². The minimum atomic E-state index is 0.202. The molecule has 0 aromatic carbocycles. The van der Waals surface area contributed by atoms with Crippen LogP contribution in [-0.2, 0) is 0 Å². The number of aromatic nitrogens is 2. The Hall–Kier alpha value is -0.770. The van der Waals surface area contributed by atoms with Crippen LogP contribution in [0.25, 0.3) is 0 Å². The molecule has 12 heavy (non-hydrogen) atoms. The zero-order chi connectivity index (χ0) is 8.39. The molecule has 1 unspecified atom stereocenters. The van der Waals surface area contributed by atoms with Gasteiger partial charge in [0.1, 0.15) is 0 Å². The van der Waals surface area contributed by atoms with Gasteiger partial charge < -0.3 is 5.11 Å². The molecule has 1 aliphatic heterocycles. The van der Waals surface area contributed by atoms with Crippen molar-refractivity contribution >= 4 is 11.8 Å². The average Bonchev–Trinajstić information content (AvgIpc) is 2.57. The Bertz CT molecular complexity index is 274. The van der Waals surface area contributed by atoms with Crippen molar-refractivity contribution in [3.8, 4) is 5.75 Å². The van der Waals surface area contributed by atoms with Crippen LogP contribution in [0.2, 0.25) is 0 Å². The summed E-state index contributed by atoms with van der Waals surface area (Å²) in [4.78, 5) is 7.57. The number of nitrogens with zero attached hydrogens (tertiary/aromatic N) is 2. The van der Waals surface area contributed by atoms with Crippen molar-refractivity contribution < 1.29 is 5.11 Å². The summed E-state index contributed by atoms with van der Waals surface area (Å²) >= 11 is 1.84. The molecule has 0 spiro atoms. The molecule has 1 aromatic heterocycles. The smallest absolute Gasteiger partial charge is 0.198 e. The van der Waals surface area contributed by atoms with Crippen molar-refractivity contribution in [3.63, 3.8) is 0 Å². The molecule has 4 heteroatoms. The summed E-state index contributed by atoms with van der Waals surface area (Å²) in [6.45, 7) is 0. The molecule has 1 aromatic rings. The fourth-order valence-electron chi connectivity index (χ4n) is 1.33. The van der Waals surface area contributed by atoms with Crippen LogP contribution in [0, 0.1) is 6.33 Å². The highest BCUT2D eigenvalue weighted by Crippen LogP contribution is 2.41. The first-order valence-electron chi connectivity index (χ1n) is 3.91. The van der Waals surface area contributed by atoms with Crippen molar-refractivity contribution in [1.82, 2.24) is 9.97 Å². The van der Waals surface area contributed by atoms with E-state index in [2.05, 4.69) is 16.3 Å². The van der Waals surface area contributed by atoms with E-state index in [1.54, 1.807) is 0 Å². The molecule has 3 nitrogen and oxygen atoms in total. The summed E-state index contributed by atoms with van der Waals surface area (Å²) in [5.41, 5.74) is 0.743. The molecular weight excluding hydrogens is 172 g/mol. The Balaban J connectivity index is 2.26. The van der Waals surface area contributed by atoms with Gasteiger partial charge in [-0.15, -0.1) is 0 Å². The number of thioether (sulfide) groups is 1. The molecule has 1 atom stereocenters. The molecule has 0 saturated carbocycles. The highest BCUT2D eigenvalue weighted by Gasteiger charge is 2.21. The summed E-state index contributed by atoms with van der Waals surface area (Å²) in [7, 11) is 0. The first-order chi connectivity index (χ1) is 5.88. The van der Waals surface area contributed by atoms with Crippen molar-refractivity contribution in [2.45, 2.75) is 18.1 Å². The highest BCUT2D eigenvalue weighted by atomic mass is 32.2. The minimum absolute atomic E-state index is 0.202. The number of hydrogen-bond acceptors (Lipinski definition) is 4. The van der Waals surface area contributed by atoms with Crippen molar-refractivity contribution in [3.05, 3.63) is 18.2 Å². The average molecular weight is 181 g/mol. The van der Waals surface area contributed by atoms with Gasteiger partial charge in [0.15, 0.2) is 12.1 Å². The van der Waals surface area contributed by atoms with Gasteiger partial charge in [0.05, 0.1) is 17.1 Å². The maximum atomic E-state index is 9.41. The predicted octanol–water partition coefficient (Wildman–Crippen LogP) is 1.55. The molecule has 2 heterocycles. The molecule has 2 rings (SSSR count). The summed E-state index contributed by atoms with van der Waals surface area (Å²) < 4.78 is 0. The van der Waals surface area contributed by atoms with Gasteiger partial charge >= 0.3 is 0 Å². The predicted molar refractivity (Wildman–Crippen MR) is 47.0 cm³/mol. The second kappa shape index (κ2) is 3.31. The summed E-state index contributed by atoms with van der Waals surface area (Å²) in [6, 6.07) is 0. The quantitative estimate of drug-likeness (QED) is 0.714. The second-order valence-corrected chi connectivity index (χ2v) is 4.05. The largest absolute Gasteiger partial charge is 0.504 e. The van der Waals surface area contributed by atoms with Gasteiger partial charge in [-0.1, -0.05) is 0 Å². The molecule has 1 N–H and O–H groups in total. The SMILES string of the molecule is Oc1cn[c]nc1C1CCCS1. The summed E-state index contributed by atoms with van der Waals surface area (Å²) in [5.74, 6) is 1.36. The molecule has 1 fully saturated rings. The third-order valence-electron chi connectivity index (χ3n) is 1.91. The lowest BCUT2D eigenvalue weighted by atomic mass is 10.2. The van der Waals surface area contributed by atoms with E-state index in [-0.39, 0.29) is 5.75 Å². The Morgan fingerprint density at radius 2 is 2.58 bits per heavy atom. The number of rotatable bonds is 1. The van der Waals surface area contributed by atoms with Crippen LogP contribution in [-0.4, -0.2) is 20.8 Å². The van der Waals surface area contributed by atoms with Crippen molar-refractivity contribution in [2.75, 3.05) is 5.75 Å². The highest BCUT2D eigenvalue weighted by molar-refractivity contribution is 7.99. The fourth-order valence-corrected chi connectivity index (χ4v) is 2.61. The number of hydrogen-bond donors (Lipinski definition) is 1. The van der Waals surface area contributed by atoms with E-state index in [1.165, 1.54) is 12.6 Å². The maximum Gasteiger partial charge on any atom is 0.198 e. The maximum absolute atomic E-state index is 9.41. The lowest BCUT2D eigenvalue weighted by molar-refractivity contribution is 0.459. The first-order valence-corrected chi connectivity index (χ1v) is 4.96. The fraction of sp³-hybridized carbons (Fsp3) is 0.500. The molecule has 63 valence electrons. The van der Waals surface area contributed by atoms with Gasteiger partial charge in [-0.05, 0) is 18.6 Å². The standard InChI is InChI=1S/C8H9N2OS/c11-6-4-9-5-10-8(6)7-2-1-3-12-7/h4,7,11H,1-3H2. The minimum Gasteiger partial charge on any atom is -0.504 e. The van der Waals surface area contributed by atoms with Crippen LogP contribution in [0.1, 0.15) is 23.8 Å². The van der Waals surface area contributed by atoms with Crippen LogP contribution in [0.15, 0.2) is 6.20 Å². The monoisotopic (exact) mass is 181 g/mol. The van der Waals surface area contributed by atoms with Gasteiger partial charge in [0, 0.05) is 0 Å². The van der Waals surface area contributed by atoms with E-state index in [9.17, 15) is 5.11 Å². The zero-order valence-corrected chi connectivity index (χ0v) is 7.34. The van der Waals surface area contributed by atoms with Gasteiger partial charge in [-0.25, -0.2) is 9.97 Å². The van der Waals surface area contributed by atoms with Crippen LogP contribution < -0.4 is 0 Å². The Morgan fingerprint density at radius 3 is 3.25 bits per heavy atom. The molecule has 0 amide bonds. The first kappa shape index (κ1) is 7.86. The van der Waals surface area contributed by atoms with Crippen LogP contribution in [0.4, 0.5) is 0 Å². The Kier molecular flexibility index (Phi) is 2.17. The summed E-state index contributed by atoms with van der Waals surface area (Å²) in [5, 5.41) is 9.76. The van der Waals surface area contributed by atoms with E-state index in [4.69, 9.17) is 0 Å². The van der Waals surface area contributed by atoms with E-state index >= 15 is 0 Å². The van der Waals surface area contributed by atoms with Crippen LogP contribution in [0.3, 0.4) is 0 Å². The van der Waals surface area contributed by atoms with E-state index in [0.717, 1.165) is 17.9 Å². The van der Waals surface area contributed by atoms with Crippen LogP contribution in [0.5, 0.6) is 5.75 Å². The molecular formula is C8H9N2OS. The summed E-state index contributed by atoms with van der Waals surface area (Å²) in [6.07, 6.45) is 6.22. The topological polar surface area (TPSA) is 46.0 Å². The third-order valence-corrected chi connectivity index (χ3v) is 3.30. The normalized spacial score (nSPS) is 22.8. The van der Waals surface area contributed by atoms with E-state index in [1.807, 2.05) is 11.8 Å².